The van der Waals surface area contributed by atoms with Crippen molar-refractivity contribution < 1.29 is 13.2 Å². The summed E-state index contributed by atoms with van der Waals surface area (Å²) in [6, 6.07) is 0. The molecule has 0 aromatic carbocycles. The van der Waals surface area contributed by atoms with Gasteiger partial charge in [0.05, 0.1) is 5.92 Å². The lowest BCUT2D eigenvalue weighted by molar-refractivity contribution is -0.185. The summed E-state index contributed by atoms with van der Waals surface area (Å²) in [5, 5.41) is 3.40. The Balaban J connectivity index is 2.18. The summed E-state index contributed by atoms with van der Waals surface area (Å²) in [6.45, 7) is 10.5. The minimum absolute atomic E-state index is 0.260. The van der Waals surface area contributed by atoms with Gasteiger partial charge in [0.1, 0.15) is 0 Å². The Bertz CT molecular complexity index is 246. The van der Waals surface area contributed by atoms with Crippen LogP contribution < -0.4 is 5.32 Å². The molecule has 0 bridgehead atoms. The number of halogens is 3. The molecule has 1 unspecified atom stereocenters. The zero-order valence-electron chi connectivity index (χ0n) is 12.3. The Labute approximate surface area is 114 Å². The van der Waals surface area contributed by atoms with E-state index in [-0.39, 0.29) is 12.8 Å². The number of hydrogen-bond acceptors (Lipinski definition) is 2. The molecule has 0 spiro atoms. The van der Waals surface area contributed by atoms with Gasteiger partial charge in [0.2, 0.25) is 0 Å². The molecule has 0 aliphatic carbocycles. The number of likely N-dealkylation sites (tertiary alicyclic amines) is 1. The van der Waals surface area contributed by atoms with Gasteiger partial charge in [-0.1, -0.05) is 20.8 Å². The SMILES string of the molecule is CC(C)CNCC(C)CN1CCC(C(F)(F)F)CC1. The Hall–Kier alpha value is -0.290. The van der Waals surface area contributed by atoms with Gasteiger partial charge in [-0.25, -0.2) is 0 Å². The van der Waals surface area contributed by atoms with Crippen molar-refractivity contribution in [3.63, 3.8) is 0 Å². The van der Waals surface area contributed by atoms with E-state index in [4.69, 9.17) is 0 Å². The molecule has 1 saturated heterocycles. The van der Waals surface area contributed by atoms with Crippen LogP contribution in [0.2, 0.25) is 0 Å². The summed E-state index contributed by atoms with van der Waals surface area (Å²) in [5.74, 6) is 0.0361. The maximum atomic E-state index is 12.5. The van der Waals surface area contributed by atoms with Gasteiger partial charge in [-0.15, -0.1) is 0 Å². The third-order valence-electron chi connectivity index (χ3n) is 3.67. The summed E-state index contributed by atoms with van der Waals surface area (Å²) in [4.78, 5) is 2.17. The van der Waals surface area contributed by atoms with Crippen LogP contribution in [0.25, 0.3) is 0 Å². The van der Waals surface area contributed by atoms with Crippen LogP contribution >= 0.6 is 0 Å². The molecular formula is C14H27F3N2. The average molecular weight is 280 g/mol. The van der Waals surface area contributed by atoms with Crippen LogP contribution in [0, 0.1) is 17.8 Å². The van der Waals surface area contributed by atoms with Crippen LogP contribution in [-0.2, 0) is 0 Å². The van der Waals surface area contributed by atoms with E-state index >= 15 is 0 Å². The molecular weight excluding hydrogens is 253 g/mol. The highest BCUT2D eigenvalue weighted by Gasteiger charge is 2.40. The van der Waals surface area contributed by atoms with E-state index in [0.29, 0.717) is 24.9 Å². The van der Waals surface area contributed by atoms with E-state index in [0.717, 1.165) is 19.6 Å². The minimum atomic E-state index is -4.00. The summed E-state index contributed by atoms with van der Waals surface area (Å²) in [6.07, 6.45) is -3.48. The lowest BCUT2D eigenvalue weighted by Gasteiger charge is -2.34. The molecule has 1 rings (SSSR count). The quantitative estimate of drug-likeness (QED) is 0.804. The summed E-state index contributed by atoms with van der Waals surface area (Å²) < 4.78 is 37.6. The molecule has 1 heterocycles. The lowest BCUT2D eigenvalue weighted by Crippen LogP contribution is -2.42. The molecule has 1 fully saturated rings. The van der Waals surface area contributed by atoms with Crippen molar-refractivity contribution in [2.24, 2.45) is 17.8 Å². The molecule has 19 heavy (non-hydrogen) atoms. The van der Waals surface area contributed by atoms with E-state index in [1.54, 1.807) is 0 Å². The molecule has 2 nitrogen and oxygen atoms in total. The van der Waals surface area contributed by atoms with Crippen molar-refractivity contribution in [2.75, 3.05) is 32.7 Å². The predicted octanol–water partition coefficient (Wildman–Crippen LogP) is 3.14. The van der Waals surface area contributed by atoms with Crippen LogP contribution in [0.1, 0.15) is 33.6 Å². The second-order valence-electron chi connectivity index (χ2n) is 6.27. The Morgan fingerprint density at radius 2 is 1.68 bits per heavy atom. The maximum absolute atomic E-state index is 12.5. The molecule has 1 aliphatic heterocycles. The van der Waals surface area contributed by atoms with Crippen LogP contribution in [0.15, 0.2) is 0 Å². The molecule has 0 amide bonds. The highest BCUT2D eigenvalue weighted by Crippen LogP contribution is 2.34. The van der Waals surface area contributed by atoms with E-state index in [2.05, 4.69) is 31.0 Å². The van der Waals surface area contributed by atoms with E-state index in [1.807, 2.05) is 0 Å². The standard InChI is InChI=1S/C14H27F3N2/c1-11(2)8-18-9-12(3)10-19-6-4-13(5-7-19)14(15,16)17/h11-13,18H,4-10H2,1-3H3. The number of alkyl halides is 3. The number of piperidine rings is 1. The first-order chi connectivity index (χ1) is 8.79. The van der Waals surface area contributed by atoms with Gasteiger partial charge in [-0.3, -0.25) is 0 Å². The van der Waals surface area contributed by atoms with E-state index < -0.39 is 12.1 Å². The summed E-state index contributed by atoms with van der Waals surface area (Å²) in [7, 11) is 0. The van der Waals surface area contributed by atoms with Crippen LogP contribution in [0.3, 0.4) is 0 Å². The first-order valence-corrected chi connectivity index (χ1v) is 7.28. The molecule has 0 aromatic rings. The van der Waals surface area contributed by atoms with Gasteiger partial charge >= 0.3 is 6.18 Å². The Kier molecular flexibility index (Phi) is 6.60. The Morgan fingerprint density at radius 3 is 2.16 bits per heavy atom. The third-order valence-corrected chi connectivity index (χ3v) is 3.67. The van der Waals surface area contributed by atoms with Crippen molar-refractivity contribution in [1.82, 2.24) is 10.2 Å². The minimum Gasteiger partial charge on any atom is -0.316 e. The fourth-order valence-electron chi connectivity index (χ4n) is 2.57. The van der Waals surface area contributed by atoms with Crippen molar-refractivity contribution in [2.45, 2.75) is 39.8 Å². The third kappa shape index (κ3) is 6.61. The summed E-state index contributed by atoms with van der Waals surface area (Å²) in [5.41, 5.74) is 0. The van der Waals surface area contributed by atoms with Crippen molar-refractivity contribution in [1.29, 1.82) is 0 Å². The molecule has 1 aliphatic rings. The smallest absolute Gasteiger partial charge is 0.316 e. The second kappa shape index (κ2) is 7.48. The number of nitrogens with zero attached hydrogens (tertiary/aromatic N) is 1. The van der Waals surface area contributed by atoms with E-state index in [1.165, 1.54) is 0 Å². The highest BCUT2D eigenvalue weighted by molar-refractivity contribution is 4.78. The number of nitrogens with one attached hydrogen (secondary N) is 1. The largest absolute Gasteiger partial charge is 0.391 e. The van der Waals surface area contributed by atoms with Crippen LogP contribution in [0.4, 0.5) is 13.2 Å². The van der Waals surface area contributed by atoms with Gasteiger partial charge in [0, 0.05) is 6.54 Å². The van der Waals surface area contributed by atoms with Crippen molar-refractivity contribution in [3.05, 3.63) is 0 Å². The van der Waals surface area contributed by atoms with Crippen LogP contribution in [-0.4, -0.2) is 43.8 Å². The van der Waals surface area contributed by atoms with Gasteiger partial charge in [-0.2, -0.15) is 13.2 Å². The highest BCUT2D eigenvalue weighted by atomic mass is 19.4. The Morgan fingerprint density at radius 1 is 1.11 bits per heavy atom. The van der Waals surface area contributed by atoms with Gasteiger partial charge in [0.15, 0.2) is 0 Å². The molecule has 1 N–H and O–H groups in total. The number of rotatable bonds is 6. The summed E-state index contributed by atoms with van der Waals surface area (Å²) >= 11 is 0. The van der Waals surface area contributed by atoms with Crippen LogP contribution in [0.5, 0.6) is 0 Å². The molecule has 5 heteroatoms. The zero-order valence-corrected chi connectivity index (χ0v) is 12.3. The molecule has 114 valence electrons. The molecule has 0 radical (unpaired) electrons. The molecule has 0 aromatic heterocycles. The monoisotopic (exact) mass is 280 g/mol. The van der Waals surface area contributed by atoms with Gasteiger partial charge in [-0.05, 0) is 50.9 Å². The fraction of sp³-hybridized carbons (Fsp3) is 1.00. The molecule has 1 atom stereocenters. The van der Waals surface area contributed by atoms with Gasteiger partial charge in [0.25, 0.3) is 0 Å². The zero-order chi connectivity index (χ0) is 14.5. The fourth-order valence-corrected chi connectivity index (χ4v) is 2.57. The first-order valence-electron chi connectivity index (χ1n) is 7.28. The van der Waals surface area contributed by atoms with Crippen molar-refractivity contribution >= 4 is 0 Å². The lowest BCUT2D eigenvalue weighted by atomic mass is 9.95. The predicted molar refractivity (Wildman–Crippen MR) is 72.1 cm³/mol. The first kappa shape index (κ1) is 16.8. The topological polar surface area (TPSA) is 15.3 Å². The second-order valence-corrected chi connectivity index (χ2v) is 6.27. The van der Waals surface area contributed by atoms with Gasteiger partial charge < -0.3 is 10.2 Å². The normalized spacial score (nSPS) is 21.0. The molecule has 0 saturated carbocycles. The maximum Gasteiger partial charge on any atom is 0.391 e. The average Bonchev–Trinajstić information content (AvgIpc) is 2.27. The van der Waals surface area contributed by atoms with Crippen molar-refractivity contribution in [3.8, 4) is 0 Å². The van der Waals surface area contributed by atoms with E-state index in [9.17, 15) is 13.2 Å². The number of hydrogen-bond donors (Lipinski definition) is 1.